The number of hydrogen-bond donors (Lipinski definition) is 0. The zero-order valence-electron chi connectivity index (χ0n) is 6.55. The molecule has 1 aliphatic rings. The van der Waals surface area contributed by atoms with Crippen molar-refractivity contribution < 1.29 is 9.53 Å². The zero-order valence-corrected chi connectivity index (χ0v) is 6.55. The van der Waals surface area contributed by atoms with Crippen LogP contribution in [0.3, 0.4) is 0 Å². The van der Waals surface area contributed by atoms with Crippen LogP contribution >= 0.6 is 0 Å². The number of esters is 1. The highest BCUT2D eigenvalue weighted by Crippen LogP contribution is 2.11. The summed E-state index contributed by atoms with van der Waals surface area (Å²) >= 11 is 0. The normalized spacial score (nSPS) is 16.4. The van der Waals surface area contributed by atoms with Gasteiger partial charge < -0.3 is 4.74 Å². The van der Waals surface area contributed by atoms with Gasteiger partial charge in [0.05, 0.1) is 0 Å². The molecule has 0 bridgehead atoms. The average Bonchev–Trinajstić information content (AvgIpc) is 1.93. The lowest BCUT2D eigenvalue weighted by molar-refractivity contribution is -0.136. The maximum atomic E-state index is 10.5. The predicted octanol–water partition coefficient (Wildman–Crippen LogP) is 1.75. The molecular weight excluding hydrogens is 140 g/mol. The van der Waals surface area contributed by atoms with Crippen molar-refractivity contribution in [2.45, 2.75) is 13.8 Å². The molecule has 0 aliphatic heterocycles. The Morgan fingerprint density at radius 2 is 2.27 bits per heavy atom. The molecule has 0 atom stereocenters. The number of carbonyl (C=O) groups is 1. The molecule has 1 radical (unpaired) electrons. The van der Waals surface area contributed by atoms with Crippen molar-refractivity contribution in [2.75, 3.05) is 0 Å². The first kappa shape index (κ1) is 7.83. The quantitative estimate of drug-likeness (QED) is 0.419. The lowest BCUT2D eigenvalue weighted by atomic mass is 10.1. The van der Waals surface area contributed by atoms with E-state index in [1.54, 1.807) is 12.2 Å². The molecule has 1 aliphatic carbocycles. The number of allylic oxidation sites excluding steroid dienone is 2. The first-order valence-electron chi connectivity index (χ1n) is 3.35. The van der Waals surface area contributed by atoms with Crippen LogP contribution in [0, 0.1) is 5.92 Å². The van der Waals surface area contributed by atoms with Gasteiger partial charge in [-0.1, -0.05) is 18.7 Å². The van der Waals surface area contributed by atoms with Gasteiger partial charge in [-0.05, 0) is 12.2 Å². The largest absolute Gasteiger partial charge is 0.418 e. The molecular formula is C9H9O2. The minimum atomic E-state index is -0.315. The Morgan fingerprint density at radius 3 is 2.73 bits per heavy atom. The molecule has 0 N–H and O–H groups in total. The van der Waals surface area contributed by atoms with Crippen molar-refractivity contribution in [3.05, 3.63) is 35.6 Å². The third-order valence-corrected chi connectivity index (χ3v) is 1.19. The highest BCUT2D eigenvalue weighted by molar-refractivity contribution is 5.67. The van der Waals surface area contributed by atoms with Crippen molar-refractivity contribution in [1.82, 2.24) is 0 Å². The van der Waals surface area contributed by atoms with Gasteiger partial charge in [0, 0.05) is 12.8 Å². The van der Waals surface area contributed by atoms with E-state index in [-0.39, 0.29) is 5.97 Å². The summed E-state index contributed by atoms with van der Waals surface area (Å²) in [4.78, 5) is 10.5. The van der Waals surface area contributed by atoms with Gasteiger partial charge in [0.2, 0.25) is 0 Å². The summed E-state index contributed by atoms with van der Waals surface area (Å²) in [6, 6.07) is 0. The molecule has 57 valence electrons. The van der Waals surface area contributed by atoms with E-state index in [9.17, 15) is 4.79 Å². The summed E-state index contributed by atoms with van der Waals surface area (Å²) in [7, 11) is 0. The van der Waals surface area contributed by atoms with Crippen LogP contribution in [0.25, 0.3) is 0 Å². The maximum Gasteiger partial charge on any atom is 0.308 e. The van der Waals surface area contributed by atoms with Crippen molar-refractivity contribution in [3.8, 4) is 0 Å². The summed E-state index contributed by atoms with van der Waals surface area (Å²) < 4.78 is 4.77. The van der Waals surface area contributed by atoms with Gasteiger partial charge in [-0.3, -0.25) is 4.79 Å². The van der Waals surface area contributed by atoms with Gasteiger partial charge >= 0.3 is 5.97 Å². The molecule has 0 unspecified atom stereocenters. The van der Waals surface area contributed by atoms with Crippen LogP contribution in [0.2, 0.25) is 0 Å². The van der Waals surface area contributed by atoms with Gasteiger partial charge in [0.25, 0.3) is 0 Å². The van der Waals surface area contributed by atoms with E-state index in [1.807, 2.05) is 13.0 Å². The standard InChI is InChI=1S/C9H9O2/c1-7-3-5-9(6-4-7)11-8(2)10/h3-5H,1-2H3. The van der Waals surface area contributed by atoms with Gasteiger partial charge in [-0.15, -0.1) is 0 Å². The molecule has 1 rings (SSSR count). The molecule has 0 heterocycles. The number of hydrogen-bond acceptors (Lipinski definition) is 2. The van der Waals surface area contributed by atoms with Crippen LogP contribution in [0.1, 0.15) is 13.8 Å². The number of ether oxygens (including phenoxy) is 1. The van der Waals surface area contributed by atoms with E-state index >= 15 is 0 Å². The molecule has 0 aromatic rings. The summed E-state index contributed by atoms with van der Waals surface area (Å²) in [5, 5.41) is 0. The molecule has 0 aromatic carbocycles. The average molecular weight is 149 g/mol. The summed E-state index contributed by atoms with van der Waals surface area (Å²) in [6.07, 6.45) is 5.36. The topological polar surface area (TPSA) is 26.3 Å². The fraction of sp³-hybridized carbons (Fsp3) is 0.222. The summed E-state index contributed by atoms with van der Waals surface area (Å²) in [5.41, 5.74) is 2.82. The molecule has 0 saturated carbocycles. The first-order valence-corrected chi connectivity index (χ1v) is 3.35. The van der Waals surface area contributed by atoms with E-state index in [4.69, 9.17) is 4.74 Å². The highest BCUT2D eigenvalue weighted by Gasteiger charge is 2.01. The minimum Gasteiger partial charge on any atom is -0.418 e. The zero-order chi connectivity index (χ0) is 8.27. The minimum absolute atomic E-state index is 0.315. The second kappa shape index (κ2) is 3.22. The van der Waals surface area contributed by atoms with Gasteiger partial charge in [-0.2, -0.15) is 0 Å². The van der Waals surface area contributed by atoms with Crippen LogP contribution in [-0.4, -0.2) is 5.97 Å². The monoisotopic (exact) mass is 149 g/mol. The van der Waals surface area contributed by atoms with Gasteiger partial charge in [-0.25, -0.2) is 0 Å². The SMILES string of the molecule is C[C]1C=C=C(OC(C)=O)C=C1. The molecule has 0 spiro atoms. The van der Waals surface area contributed by atoms with Crippen LogP contribution in [0.4, 0.5) is 0 Å². The number of rotatable bonds is 1. The molecule has 0 fully saturated rings. The lowest BCUT2D eigenvalue weighted by Crippen LogP contribution is -1.97. The predicted molar refractivity (Wildman–Crippen MR) is 41.4 cm³/mol. The molecule has 2 nitrogen and oxygen atoms in total. The third-order valence-electron chi connectivity index (χ3n) is 1.19. The summed E-state index contributed by atoms with van der Waals surface area (Å²) in [5.74, 6) is 1.26. The fourth-order valence-electron chi connectivity index (χ4n) is 0.707. The van der Waals surface area contributed by atoms with Crippen LogP contribution in [0.5, 0.6) is 0 Å². The van der Waals surface area contributed by atoms with Crippen molar-refractivity contribution in [1.29, 1.82) is 0 Å². The van der Waals surface area contributed by atoms with Crippen LogP contribution in [0.15, 0.2) is 29.7 Å². The highest BCUT2D eigenvalue weighted by atomic mass is 16.5. The molecule has 11 heavy (non-hydrogen) atoms. The van der Waals surface area contributed by atoms with E-state index in [1.165, 1.54) is 6.92 Å². The third kappa shape index (κ3) is 2.44. The Balaban J connectivity index is 2.68. The van der Waals surface area contributed by atoms with Crippen LogP contribution < -0.4 is 0 Å². The molecule has 0 amide bonds. The second-order valence-electron chi connectivity index (χ2n) is 2.32. The lowest BCUT2D eigenvalue weighted by Gasteiger charge is -2.03. The van der Waals surface area contributed by atoms with E-state index in [0.717, 1.165) is 5.92 Å². The summed E-state index contributed by atoms with van der Waals surface area (Å²) in [6.45, 7) is 3.32. The van der Waals surface area contributed by atoms with E-state index < -0.39 is 0 Å². The maximum absolute atomic E-state index is 10.5. The van der Waals surface area contributed by atoms with Crippen molar-refractivity contribution in [2.24, 2.45) is 0 Å². The Hall–Kier alpha value is -1.27. The van der Waals surface area contributed by atoms with Gasteiger partial charge in [0.1, 0.15) is 0 Å². The Kier molecular flexibility index (Phi) is 2.29. The van der Waals surface area contributed by atoms with E-state index in [2.05, 4.69) is 5.73 Å². The number of carbonyl (C=O) groups excluding carboxylic acids is 1. The van der Waals surface area contributed by atoms with Crippen LogP contribution in [-0.2, 0) is 9.53 Å². The van der Waals surface area contributed by atoms with Crippen molar-refractivity contribution >= 4 is 5.97 Å². The molecule has 0 aromatic heterocycles. The fourth-order valence-corrected chi connectivity index (χ4v) is 0.707. The van der Waals surface area contributed by atoms with Gasteiger partial charge in [0.15, 0.2) is 5.76 Å². The second-order valence-corrected chi connectivity index (χ2v) is 2.32. The molecule has 2 heteroatoms. The Labute approximate surface area is 65.9 Å². The Morgan fingerprint density at radius 1 is 1.55 bits per heavy atom. The van der Waals surface area contributed by atoms with Crippen molar-refractivity contribution in [3.63, 3.8) is 0 Å². The Bertz CT molecular complexity index is 255. The van der Waals surface area contributed by atoms with E-state index in [0.29, 0.717) is 5.76 Å². The molecule has 0 saturated heterocycles. The smallest absolute Gasteiger partial charge is 0.308 e. The first-order chi connectivity index (χ1) is 5.18.